The first kappa shape index (κ1) is 11.1. The number of rotatable bonds is 3. The third-order valence-electron chi connectivity index (χ3n) is 3.27. The summed E-state index contributed by atoms with van der Waals surface area (Å²) in [4.78, 5) is 10.8. The number of benzene rings is 1. The normalized spacial score (nSPS) is 19.2. The number of halogens is 1. The fourth-order valence-corrected chi connectivity index (χ4v) is 2.25. The molecule has 0 heterocycles. The number of carboxylic acid groups (broad SMARTS) is 1. The Bertz CT molecular complexity index is 438. The summed E-state index contributed by atoms with van der Waals surface area (Å²) in [6.07, 6.45) is -0.142. The van der Waals surface area contributed by atoms with E-state index in [4.69, 9.17) is 5.11 Å². The van der Waals surface area contributed by atoms with E-state index in [0.717, 1.165) is 5.56 Å². The Morgan fingerprint density at radius 3 is 2.56 bits per heavy atom. The first-order valence-corrected chi connectivity index (χ1v) is 5.15. The molecule has 1 saturated carbocycles. The molecule has 1 aromatic rings. The Morgan fingerprint density at radius 2 is 2.12 bits per heavy atom. The van der Waals surface area contributed by atoms with Crippen LogP contribution in [0, 0.1) is 12.7 Å². The molecule has 0 spiro atoms. The topological polar surface area (TPSA) is 57.5 Å². The zero-order valence-electron chi connectivity index (χ0n) is 8.90. The Hall–Kier alpha value is -1.42. The highest BCUT2D eigenvalue weighted by Gasteiger charge is 2.54. The van der Waals surface area contributed by atoms with E-state index in [0.29, 0.717) is 18.4 Å². The van der Waals surface area contributed by atoms with E-state index in [1.165, 1.54) is 12.1 Å². The number of hydrogen-bond acceptors (Lipinski definition) is 2. The number of carboxylic acids is 1. The van der Waals surface area contributed by atoms with Crippen LogP contribution in [0.15, 0.2) is 18.2 Å². The highest BCUT2D eigenvalue weighted by Crippen LogP contribution is 2.52. The Labute approximate surface area is 92.5 Å². The summed E-state index contributed by atoms with van der Waals surface area (Å²) in [5.41, 5.74) is 0.727. The minimum atomic E-state index is -1.41. The highest BCUT2D eigenvalue weighted by molar-refractivity contribution is 5.76. The Kier molecular flexibility index (Phi) is 2.46. The number of aryl methyl sites for hydroxylation is 1. The highest BCUT2D eigenvalue weighted by atomic mass is 19.1. The van der Waals surface area contributed by atoms with Gasteiger partial charge in [0.1, 0.15) is 5.82 Å². The summed E-state index contributed by atoms with van der Waals surface area (Å²) >= 11 is 0. The second-order valence-electron chi connectivity index (χ2n) is 4.36. The van der Waals surface area contributed by atoms with Gasteiger partial charge in [0.2, 0.25) is 0 Å². The molecule has 86 valence electrons. The molecule has 0 bridgehead atoms. The van der Waals surface area contributed by atoms with Crippen LogP contribution >= 0.6 is 0 Å². The quantitative estimate of drug-likeness (QED) is 0.820. The molecule has 0 radical (unpaired) electrons. The Balaban J connectivity index is 2.40. The lowest BCUT2D eigenvalue weighted by atomic mass is 9.87. The standard InChI is InChI=1S/C12H13FO3/c1-7-6-8(13)2-3-9(7)12(4-5-12)10(14)11(15)16/h2-3,6,10,14H,4-5H2,1H3,(H,15,16). The molecule has 1 atom stereocenters. The van der Waals surface area contributed by atoms with E-state index in [-0.39, 0.29) is 5.82 Å². The number of aliphatic hydroxyl groups excluding tert-OH is 1. The van der Waals surface area contributed by atoms with E-state index in [1.807, 2.05) is 0 Å². The van der Waals surface area contributed by atoms with E-state index in [1.54, 1.807) is 13.0 Å². The maximum atomic E-state index is 12.9. The molecule has 16 heavy (non-hydrogen) atoms. The molecule has 2 N–H and O–H groups in total. The molecule has 1 aliphatic rings. The number of aliphatic carboxylic acids is 1. The van der Waals surface area contributed by atoms with Crippen molar-refractivity contribution in [2.75, 3.05) is 0 Å². The van der Waals surface area contributed by atoms with Crippen molar-refractivity contribution in [1.29, 1.82) is 0 Å². The van der Waals surface area contributed by atoms with Crippen LogP contribution in [-0.2, 0) is 10.2 Å². The summed E-state index contributed by atoms with van der Waals surface area (Å²) in [6.45, 7) is 1.73. The van der Waals surface area contributed by atoms with Gasteiger partial charge >= 0.3 is 5.97 Å². The van der Waals surface area contributed by atoms with Gasteiger partial charge in [-0.05, 0) is 43.0 Å². The van der Waals surface area contributed by atoms with Crippen LogP contribution in [-0.4, -0.2) is 22.3 Å². The van der Waals surface area contributed by atoms with Gasteiger partial charge in [-0.25, -0.2) is 9.18 Å². The van der Waals surface area contributed by atoms with Crippen LogP contribution < -0.4 is 0 Å². The lowest BCUT2D eigenvalue weighted by Gasteiger charge is -2.21. The summed E-state index contributed by atoms with van der Waals surface area (Å²) in [5.74, 6) is -1.57. The maximum absolute atomic E-state index is 12.9. The molecule has 0 aromatic heterocycles. The molecule has 0 aliphatic heterocycles. The van der Waals surface area contributed by atoms with Crippen molar-refractivity contribution < 1.29 is 19.4 Å². The Morgan fingerprint density at radius 1 is 1.50 bits per heavy atom. The van der Waals surface area contributed by atoms with Gasteiger partial charge in [-0.1, -0.05) is 6.07 Å². The van der Waals surface area contributed by atoms with Gasteiger partial charge in [-0.15, -0.1) is 0 Å². The van der Waals surface area contributed by atoms with Crippen LogP contribution in [0.4, 0.5) is 4.39 Å². The van der Waals surface area contributed by atoms with Crippen molar-refractivity contribution in [3.05, 3.63) is 35.1 Å². The predicted molar refractivity (Wildman–Crippen MR) is 55.7 cm³/mol. The molecule has 0 saturated heterocycles. The van der Waals surface area contributed by atoms with Crippen LogP contribution in [0.3, 0.4) is 0 Å². The zero-order chi connectivity index (χ0) is 11.9. The molecule has 0 amide bonds. The van der Waals surface area contributed by atoms with Crippen molar-refractivity contribution in [2.45, 2.75) is 31.3 Å². The molecule has 1 unspecified atom stereocenters. The smallest absolute Gasteiger partial charge is 0.333 e. The summed E-state index contributed by atoms with van der Waals surface area (Å²) in [7, 11) is 0. The summed E-state index contributed by atoms with van der Waals surface area (Å²) in [5, 5.41) is 18.5. The lowest BCUT2D eigenvalue weighted by molar-refractivity contribution is -0.148. The van der Waals surface area contributed by atoms with Gasteiger partial charge in [-0.3, -0.25) is 0 Å². The van der Waals surface area contributed by atoms with Gasteiger partial charge in [0, 0.05) is 5.41 Å². The molecule has 1 fully saturated rings. The number of hydrogen-bond donors (Lipinski definition) is 2. The van der Waals surface area contributed by atoms with E-state index >= 15 is 0 Å². The monoisotopic (exact) mass is 224 g/mol. The second kappa shape index (κ2) is 3.56. The SMILES string of the molecule is Cc1cc(F)ccc1C1(C(O)C(=O)O)CC1. The fourth-order valence-electron chi connectivity index (χ4n) is 2.25. The maximum Gasteiger partial charge on any atom is 0.333 e. The molecule has 3 nitrogen and oxygen atoms in total. The molecular weight excluding hydrogens is 211 g/mol. The zero-order valence-corrected chi connectivity index (χ0v) is 8.90. The van der Waals surface area contributed by atoms with Gasteiger partial charge in [0.05, 0.1) is 0 Å². The predicted octanol–water partition coefficient (Wildman–Crippen LogP) is 1.61. The largest absolute Gasteiger partial charge is 0.479 e. The van der Waals surface area contributed by atoms with Crippen molar-refractivity contribution in [3.63, 3.8) is 0 Å². The van der Waals surface area contributed by atoms with Crippen LogP contribution in [0.2, 0.25) is 0 Å². The van der Waals surface area contributed by atoms with Crippen LogP contribution in [0.5, 0.6) is 0 Å². The number of aliphatic hydroxyl groups is 1. The van der Waals surface area contributed by atoms with Gasteiger partial charge in [-0.2, -0.15) is 0 Å². The average molecular weight is 224 g/mol. The second-order valence-corrected chi connectivity index (χ2v) is 4.36. The van der Waals surface area contributed by atoms with E-state index in [9.17, 15) is 14.3 Å². The minimum Gasteiger partial charge on any atom is -0.479 e. The molecule has 2 rings (SSSR count). The van der Waals surface area contributed by atoms with Crippen LogP contribution in [0.25, 0.3) is 0 Å². The van der Waals surface area contributed by atoms with Gasteiger partial charge < -0.3 is 10.2 Å². The molecular formula is C12H13FO3. The lowest BCUT2D eigenvalue weighted by Crippen LogP contribution is -2.34. The van der Waals surface area contributed by atoms with Gasteiger partial charge in [0.25, 0.3) is 0 Å². The minimum absolute atomic E-state index is 0.345. The van der Waals surface area contributed by atoms with Crippen LogP contribution in [0.1, 0.15) is 24.0 Å². The van der Waals surface area contributed by atoms with Crippen molar-refractivity contribution in [2.24, 2.45) is 0 Å². The van der Waals surface area contributed by atoms with Crippen molar-refractivity contribution in [1.82, 2.24) is 0 Å². The third kappa shape index (κ3) is 1.59. The average Bonchev–Trinajstić information content (AvgIpc) is 2.97. The van der Waals surface area contributed by atoms with Crippen molar-refractivity contribution >= 4 is 5.97 Å². The molecule has 1 aliphatic carbocycles. The van der Waals surface area contributed by atoms with Crippen molar-refractivity contribution in [3.8, 4) is 0 Å². The summed E-state index contributed by atoms with van der Waals surface area (Å²) in [6, 6.07) is 4.24. The van der Waals surface area contributed by atoms with E-state index < -0.39 is 17.5 Å². The number of carbonyl (C=O) groups is 1. The first-order chi connectivity index (χ1) is 7.47. The van der Waals surface area contributed by atoms with E-state index in [2.05, 4.69) is 0 Å². The molecule has 1 aromatic carbocycles. The van der Waals surface area contributed by atoms with Gasteiger partial charge in [0.15, 0.2) is 6.10 Å². The third-order valence-corrected chi connectivity index (χ3v) is 3.27. The summed E-state index contributed by atoms with van der Waals surface area (Å²) < 4.78 is 12.9. The first-order valence-electron chi connectivity index (χ1n) is 5.15. The fraction of sp³-hybridized carbons (Fsp3) is 0.417. The molecule has 4 heteroatoms.